The molecule has 1 aromatic carbocycles. The van der Waals surface area contributed by atoms with Gasteiger partial charge in [-0.1, -0.05) is 0 Å². The molecule has 0 aliphatic rings. The number of nitrogens with one attached hydrogen (secondary N) is 1. The molecule has 144 valence electrons. The topological polar surface area (TPSA) is 90.2 Å². The van der Waals surface area contributed by atoms with Crippen LogP contribution in [0.2, 0.25) is 0 Å². The summed E-state index contributed by atoms with van der Waals surface area (Å²) in [6.07, 6.45) is 2.88. The smallest absolute Gasteiger partial charge is 0.291 e. The van der Waals surface area contributed by atoms with Gasteiger partial charge in [-0.2, -0.15) is 0 Å². The molecule has 0 saturated carbocycles. The van der Waals surface area contributed by atoms with Crippen LogP contribution in [0.4, 0.5) is 0 Å². The Bertz CT molecular complexity index is 840. The lowest BCUT2D eigenvalue weighted by Crippen LogP contribution is -2.34. The number of nitrogens with zero attached hydrogens (tertiary/aromatic N) is 1. The molecular formula is C19H22N2O6. The Morgan fingerprint density at radius 2 is 1.74 bits per heavy atom. The van der Waals surface area contributed by atoms with Crippen LogP contribution in [0.15, 0.2) is 40.6 Å². The molecule has 8 nitrogen and oxygen atoms in total. The summed E-state index contributed by atoms with van der Waals surface area (Å²) in [6.45, 7) is 0. The van der Waals surface area contributed by atoms with Gasteiger partial charge in [0.1, 0.15) is 5.70 Å². The first kappa shape index (κ1) is 19.9. The van der Waals surface area contributed by atoms with E-state index in [-0.39, 0.29) is 11.5 Å². The van der Waals surface area contributed by atoms with Gasteiger partial charge in [0, 0.05) is 19.7 Å². The minimum atomic E-state index is -0.541. The van der Waals surface area contributed by atoms with Crippen LogP contribution in [0, 0.1) is 0 Å². The summed E-state index contributed by atoms with van der Waals surface area (Å²) in [7, 11) is 7.64. The summed E-state index contributed by atoms with van der Waals surface area (Å²) in [5.41, 5.74) is 0.576. The number of likely N-dealkylation sites (N-methyl/N-ethyl adjacent to an activating group) is 1. The summed E-state index contributed by atoms with van der Waals surface area (Å²) >= 11 is 0. The van der Waals surface area contributed by atoms with E-state index in [0.29, 0.717) is 22.8 Å². The SMILES string of the molecule is COc1ccc(C=C(NC(=O)c2ccco2)C(=O)N(C)C)c(OC)c1OC. The van der Waals surface area contributed by atoms with Gasteiger partial charge in [0.05, 0.1) is 27.6 Å². The second-order valence-electron chi connectivity index (χ2n) is 5.61. The van der Waals surface area contributed by atoms with Crippen molar-refractivity contribution < 1.29 is 28.2 Å². The molecule has 0 bridgehead atoms. The fourth-order valence-corrected chi connectivity index (χ4v) is 2.38. The van der Waals surface area contributed by atoms with Gasteiger partial charge in [-0.15, -0.1) is 0 Å². The molecule has 0 aliphatic heterocycles. The summed E-state index contributed by atoms with van der Waals surface area (Å²) in [5, 5.41) is 2.58. The predicted molar refractivity (Wildman–Crippen MR) is 98.9 cm³/mol. The quantitative estimate of drug-likeness (QED) is 0.747. The van der Waals surface area contributed by atoms with Gasteiger partial charge in [-0.05, 0) is 30.3 Å². The van der Waals surface area contributed by atoms with E-state index in [1.54, 1.807) is 32.3 Å². The summed E-state index contributed by atoms with van der Waals surface area (Å²) in [4.78, 5) is 26.2. The van der Waals surface area contributed by atoms with Crippen molar-refractivity contribution >= 4 is 17.9 Å². The van der Waals surface area contributed by atoms with Gasteiger partial charge in [-0.3, -0.25) is 9.59 Å². The standard InChI is InChI=1S/C19H22N2O6/c1-21(2)19(23)13(20-18(22)15-7-6-10-27-15)11-12-8-9-14(24-3)17(26-5)16(12)25-4/h6-11H,1-5H3,(H,20,22). The molecule has 0 fully saturated rings. The monoisotopic (exact) mass is 374 g/mol. The van der Waals surface area contributed by atoms with Crippen LogP contribution in [0.25, 0.3) is 6.08 Å². The van der Waals surface area contributed by atoms with Gasteiger partial charge in [-0.25, -0.2) is 0 Å². The molecule has 0 radical (unpaired) electrons. The third-order valence-electron chi connectivity index (χ3n) is 3.66. The Morgan fingerprint density at radius 1 is 1.04 bits per heavy atom. The van der Waals surface area contributed by atoms with E-state index in [0.717, 1.165) is 0 Å². The molecule has 1 aromatic heterocycles. The molecule has 0 spiro atoms. The van der Waals surface area contributed by atoms with E-state index >= 15 is 0 Å². The number of methoxy groups -OCH3 is 3. The largest absolute Gasteiger partial charge is 0.493 e. The first-order chi connectivity index (χ1) is 12.9. The van der Waals surface area contributed by atoms with Crippen LogP contribution < -0.4 is 19.5 Å². The molecule has 0 unspecified atom stereocenters. The van der Waals surface area contributed by atoms with Crippen LogP contribution in [0.1, 0.15) is 16.1 Å². The maximum atomic E-state index is 12.5. The van der Waals surface area contributed by atoms with E-state index in [4.69, 9.17) is 18.6 Å². The fraction of sp³-hybridized carbons (Fsp3) is 0.263. The van der Waals surface area contributed by atoms with Gasteiger partial charge < -0.3 is 28.8 Å². The molecule has 2 amide bonds. The lowest BCUT2D eigenvalue weighted by atomic mass is 10.1. The maximum absolute atomic E-state index is 12.5. The van der Waals surface area contributed by atoms with Crippen LogP contribution in [-0.2, 0) is 4.79 Å². The first-order valence-corrected chi connectivity index (χ1v) is 8.00. The fourth-order valence-electron chi connectivity index (χ4n) is 2.38. The molecule has 0 atom stereocenters. The van der Waals surface area contributed by atoms with Crippen LogP contribution >= 0.6 is 0 Å². The molecule has 8 heteroatoms. The lowest BCUT2D eigenvalue weighted by molar-refractivity contribution is -0.124. The van der Waals surface area contributed by atoms with Crippen molar-refractivity contribution in [2.24, 2.45) is 0 Å². The van der Waals surface area contributed by atoms with E-state index < -0.39 is 11.8 Å². The number of ether oxygens (including phenoxy) is 3. The third kappa shape index (κ3) is 4.41. The maximum Gasteiger partial charge on any atom is 0.291 e. The minimum Gasteiger partial charge on any atom is -0.493 e. The number of rotatable bonds is 7. The van der Waals surface area contributed by atoms with Crippen molar-refractivity contribution in [2.75, 3.05) is 35.4 Å². The van der Waals surface area contributed by atoms with Gasteiger partial charge >= 0.3 is 0 Å². The third-order valence-corrected chi connectivity index (χ3v) is 3.66. The van der Waals surface area contributed by atoms with Crippen molar-refractivity contribution in [1.29, 1.82) is 0 Å². The van der Waals surface area contributed by atoms with Crippen molar-refractivity contribution in [1.82, 2.24) is 10.2 Å². The summed E-state index contributed by atoms with van der Waals surface area (Å²) in [6, 6.07) is 6.47. The molecular weight excluding hydrogens is 352 g/mol. The minimum absolute atomic E-state index is 0.0481. The van der Waals surface area contributed by atoms with Gasteiger partial charge in [0.15, 0.2) is 17.3 Å². The number of benzene rings is 1. The zero-order valence-corrected chi connectivity index (χ0v) is 15.9. The van der Waals surface area contributed by atoms with E-state index in [1.165, 1.54) is 44.6 Å². The van der Waals surface area contributed by atoms with Gasteiger partial charge in [0.2, 0.25) is 5.75 Å². The normalized spacial score (nSPS) is 10.9. The highest BCUT2D eigenvalue weighted by Crippen LogP contribution is 2.40. The summed E-state index contributed by atoms with van der Waals surface area (Å²) < 4.78 is 21.1. The first-order valence-electron chi connectivity index (χ1n) is 8.00. The highest BCUT2D eigenvalue weighted by atomic mass is 16.5. The molecule has 1 N–H and O–H groups in total. The predicted octanol–water partition coefficient (Wildman–Crippen LogP) is 2.16. The van der Waals surface area contributed by atoms with E-state index in [1.807, 2.05) is 0 Å². The van der Waals surface area contributed by atoms with Crippen molar-refractivity contribution in [2.45, 2.75) is 0 Å². The Labute approximate surface area is 157 Å². The Morgan fingerprint density at radius 3 is 2.26 bits per heavy atom. The number of carbonyl (C=O) groups excluding carboxylic acids is 2. The van der Waals surface area contributed by atoms with E-state index in [2.05, 4.69) is 5.32 Å². The zero-order valence-electron chi connectivity index (χ0n) is 15.9. The molecule has 2 rings (SSSR count). The zero-order chi connectivity index (χ0) is 20.0. The van der Waals surface area contributed by atoms with Crippen LogP contribution in [0.5, 0.6) is 17.2 Å². The number of hydrogen-bond donors (Lipinski definition) is 1. The highest BCUT2D eigenvalue weighted by Gasteiger charge is 2.20. The van der Waals surface area contributed by atoms with Crippen molar-refractivity contribution in [3.63, 3.8) is 0 Å². The Kier molecular flexibility index (Phi) is 6.48. The summed E-state index contributed by atoms with van der Waals surface area (Å²) in [5.74, 6) is 0.377. The number of furan rings is 1. The second-order valence-corrected chi connectivity index (χ2v) is 5.61. The molecule has 2 aromatic rings. The van der Waals surface area contributed by atoms with Gasteiger partial charge in [0.25, 0.3) is 11.8 Å². The number of hydrogen-bond acceptors (Lipinski definition) is 6. The highest BCUT2D eigenvalue weighted by molar-refractivity contribution is 6.04. The average molecular weight is 374 g/mol. The van der Waals surface area contributed by atoms with Crippen molar-refractivity contribution in [3.8, 4) is 17.2 Å². The van der Waals surface area contributed by atoms with Crippen molar-refractivity contribution in [3.05, 3.63) is 47.5 Å². The van der Waals surface area contributed by atoms with Crippen LogP contribution in [-0.4, -0.2) is 52.1 Å². The molecule has 0 saturated heterocycles. The van der Waals surface area contributed by atoms with E-state index in [9.17, 15) is 9.59 Å². The molecule has 0 aliphatic carbocycles. The van der Waals surface area contributed by atoms with Crippen LogP contribution in [0.3, 0.4) is 0 Å². The molecule has 27 heavy (non-hydrogen) atoms. The average Bonchev–Trinajstić information content (AvgIpc) is 3.20. The number of carbonyl (C=O) groups is 2. The Hall–Kier alpha value is -3.42. The Balaban J connectivity index is 2.50. The molecule has 1 heterocycles. The lowest BCUT2D eigenvalue weighted by Gasteiger charge is -2.17. The number of amides is 2. The second kappa shape index (κ2) is 8.79.